The molecule has 1 aromatic heterocycles. The molecule has 4 N–H and O–H groups in total. The van der Waals surface area contributed by atoms with Crippen LogP contribution in [-0.2, 0) is 17.7 Å². The number of aromatic nitrogens is 2. The van der Waals surface area contributed by atoms with Gasteiger partial charge < -0.3 is 20.9 Å². The maximum absolute atomic E-state index is 9.11. The van der Waals surface area contributed by atoms with E-state index in [-0.39, 0.29) is 6.61 Å². The third-order valence-electron chi connectivity index (χ3n) is 4.14. The minimum absolute atomic E-state index is 0.134. The number of aliphatic hydroxyl groups excluding tert-OH is 1. The van der Waals surface area contributed by atoms with Crippen molar-refractivity contribution in [2.75, 3.05) is 26.9 Å². The predicted molar refractivity (Wildman–Crippen MR) is 82.1 cm³/mol. The van der Waals surface area contributed by atoms with Gasteiger partial charge >= 0.3 is 0 Å². The molecule has 21 heavy (non-hydrogen) atoms. The van der Waals surface area contributed by atoms with Gasteiger partial charge in [0.25, 0.3) is 0 Å². The lowest BCUT2D eigenvalue weighted by molar-refractivity contribution is 0.153. The van der Waals surface area contributed by atoms with Gasteiger partial charge in [-0.25, -0.2) is 0 Å². The van der Waals surface area contributed by atoms with Crippen molar-refractivity contribution < 1.29 is 9.84 Å². The van der Waals surface area contributed by atoms with Crippen LogP contribution in [0.5, 0.6) is 0 Å². The van der Waals surface area contributed by atoms with Gasteiger partial charge in [0.05, 0.1) is 26.0 Å². The number of hydrogen-bond donors (Lipinski definition) is 3. The summed E-state index contributed by atoms with van der Waals surface area (Å²) in [6, 6.07) is 0.662. The molecule has 6 heteroatoms. The molecule has 0 fully saturated rings. The van der Waals surface area contributed by atoms with Crippen molar-refractivity contribution in [3.8, 4) is 0 Å². The lowest BCUT2D eigenvalue weighted by Crippen LogP contribution is -2.38. The van der Waals surface area contributed by atoms with E-state index in [0.717, 1.165) is 32.1 Å². The summed E-state index contributed by atoms with van der Waals surface area (Å²) in [4.78, 5) is 0. The van der Waals surface area contributed by atoms with Gasteiger partial charge in [-0.1, -0.05) is 0 Å². The number of nitrogens with one attached hydrogen (secondary N) is 1. The van der Waals surface area contributed by atoms with Gasteiger partial charge in [-0.2, -0.15) is 5.10 Å². The van der Waals surface area contributed by atoms with Crippen LogP contribution in [0.15, 0.2) is 6.20 Å². The zero-order valence-electron chi connectivity index (χ0n) is 12.9. The van der Waals surface area contributed by atoms with Crippen molar-refractivity contribution in [2.24, 2.45) is 5.73 Å². The van der Waals surface area contributed by atoms with Crippen LogP contribution in [0.4, 0.5) is 0 Å². The molecule has 0 aliphatic heterocycles. The molecule has 6 nitrogen and oxygen atoms in total. The quantitative estimate of drug-likeness (QED) is 0.621. The maximum atomic E-state index is 9.11. The zero-order chi connectivity index (χ0) is 15.1. The largest absolute Gasteiger partial charge is 0.394 e. The van der Waals surface area contributed by atoms with Crippen molar-refractivity contribution in [1.82, 2.24) is 15.1 Å². The minimum atomic E-state index is 0.134. The molecule has 1 aromatic rings. The third-order valence-corrected chi connectivity index (χ3v) is 4.14. The predicted octanol–water partition coefficient (Wildman–Crippen LogP) is 0.596. The molecule has 0 saturated carbocycles. The summed E-state index contributed by atoms with van der Waals surface area (Å²) < 4.78 is 7.26. The van der Waals surface area contributed by atoms with Gasteiger partial charge in [-0.05, 0) is 38.6 Å². The van der Waals surface area contributed by atoms with Crippen LogP contribution in [0.2, 0.25) is 0 Å². The molecule has 1 aliphatic rings. The Morgan fingerprint density at radius 2 is 2.48 bits per heavy atom. The lowest BCUT2D eigenvalue weighted by Gasteiger charge is -2.29. The Kier molecular flexibility index (Phi) is 6.63. The fraction of sp³-hybridized carbons (Fsp3) is 0.800. The van der Waals surface area contributed by atoms with Crippen LogP contribution in [0, 0.1) is 0 Å². The first-order chi connectivity index (χ1) is 10.3. The molecule has 0 amide bonds. The summed E-state index contributed by atoms with van der Waals surface area (Å²) >= 11 is 0. The first-order valence-corrected chi connectivity index (χ1v) is 7.90. The van der Waals surface area contributed by atoms with Crippen LogP contribution >= 0.6 is 0 Å². The second-order valence-electron chi connectivity index (χ2n) is 5.69. The average Bonchev–Trinajstić information content (AvgIpc) is 2.90. The number of ether oxygens (including phenoxy) is 1. The summed E-state index contributed by atoms with van der Waals surface area (Å²) in [5, 5.41) is 17.2. The number of nitrogens with two attached hydrogens (primary N) is 1. The Morgan fingerprint density at radius 3 is 3.19 bits per heavy atom. The number of nitrogens with zero attached hydrogens (tertiary/aromatic N) is 2. The SMILES string of the molecule is COCC(CCCN)NC1CCCc2c1cnn2CCO. The summed E-state index contributed by atoms with van der Waals surface area (Å²) in [5.74, 6) is 0. The van der Waals surface area contributed by atoms with Crippen LogP contribution in [-0.4, -0.2) is 47.8 Å². The van der Waals surface area contributed by atoms with Crippen LogP contribution in [0.3, 0.4) is 0 Å². The van der Waals surface area contributed by atoms with E-state index in [1.165, 1.54) is 11.3 Å². The van der Waals surface area contributed by atoms with Crippen LogP contribution in [0.25, 0.3) is 0 Å². The van der Waals surface area contributed by atoms with Crippen molar-refractivity contribution in [3.63, 3.8) is 0 Å². The lowest BCUT2D eigenvalue weighted by atomic mass is 9.92. The third kappa shape index (κ3) is 4.26. The van der Waals surface area contributed by atoms with E-state index in [1.54, 1.807) is 7.11 Å². The Bertz CT molecular complexity index is 422. The molecule has 2 rings (SSSR count). The second kappa shape index (κ2) is 8.48. The van der Waals surface area contributed by atoms with Gasteiger partial charge in [0.2, 0.25) is 0 Å². The van der Waals surface area contributed by atoms with Crippen molar-refractivity contribution in [2.45, 2.75) is 50.7 Å². The van der Waals surface area contributed by atoms with E-state index in [4.69, 9.17) is 15.6 Å². The minimum Gasteiger partial charge on any atom is -0.394 e. The standard InChI is InChI=1S/C15H28N4O2/c1-21-11-12(4-3-7-16)18-14-5-2-6-15-13(14)10-17-19(15)8-9-20/h10,12,14,18,20H,2-9,11,16H2,1H3. The summed E-state index contributed by atoms with van der Waals surface area (Å²) in [6.45, 7) is 2.13. The van der Waals surface area contributed by atoms with E-state index in [1.807, 2.05) is 10.9 Å². The molecule has 1 aliphatic carbocycles. The summed E-state index contributed by atoms with van der Waals surface area (Å²) in [5.41, 5.74) is 8.16. The molecule has 120 valence electrons. The Balaban J connectivity index is 2.04. The average molecular weight is 296 g/mol. The monoisotopic (exact) mass is 296 g/mol. The molecular weight excluding hydrogens is 268 g/mol. The Morgan fingerprint density at radius 1 is 1.62 bits per heavy atom. The van der Waals surface area contributed by atoms with E-state index < -0.39 is 0 Å². The second-order valence-corrected chi connectivity index (χ2v) is 5.69. The van der Waals surface area contributed by atoms with Crippen LogP contribution < -0.4 is 11.1 Å². The molecule has 0 spiro atoms. The molecule has 2 atom stereocenters. The first-order valence-electron chi connectivity index (χ1n) is 7.90. The molecule has 0 radical (unpaired) electrons. The van der Waals surface area contributed by atoms with Gasteiger partial charge in [0.1, 0.15) is 0 Å². The topological polar surface area (TPSA) is 85.3 Å². The number of aliphatic hydroxyl groups is 1. The zero-order valence-corrected chi connectivity index (χ0v) is 12.9. The fourth-order valence-electron chi connectivity index (χ4n) is 3.14. The smallest absolute Gasteiger partial charge is 0.0644 e. The fourth-order valence-corrected chi connectivity index (χ4v) is 3.14. The highest BCUT2D eigenvalue weighted by Gasteiger charge is 2.25. The summed E-state index contributed by atoms with van der Waals surface area (Å²) in [6.07, 6.45) is 7.31. The molecule has 1 heterocycles. The maximum Gasteiger partial charge on any atom is 0.0644 e. The van der Waals surface area contributed by atoms with Gasteiger partial charge in [0.15, 0.2) is 0 Å². The van der Waals surface area contributed by atoms with E-state index in [0.29, 0.717) is 31.8 Å². The van der Waals surface area contributed by atoms with Crippen molar-refractivity contribution >= 4 is 0 Å². The first kappa shape index (κ1) is 16.4. The van der Waals surface area contributed by atoms with Crippen molar-refractivity contribution in [1.29, 1.82) is 0 Å². The molecule has 0 bridgehead atoms. The van der Waals surface area contributed by atoms with Crippen LogP contribution in [0.1, 0.15) is 43.0 Å². The summed E-state index contributed by atoms with van der Waals surface area (Å²) in [7, 11) is 1.74. The number of rotatable bonds is 9. The Hall–Kier alpha value is -0.950. The molecule has 0 saturated heterocycles. The number of methoxy groups -OCH3 is 1. The number of hydrogen-bond acceptors (Lipinski definition) is 5. The highest BCUT2D eigenvalue weighted by Crippen LogP contribution is 2.30. The molecular formula is C15H28N4O2. The van der Waals surface area contributed by atoms with E-state index in [2.05, 4.69) is 10.4 Å². The van der Waals surface area contributed by atoms with E-state index >= 15 is 0 Å². The van der Waals surface area contributed by atoms with Gasteiger partial charge in [-0.3, -0.25) is 4.68 Å². The van der Waals surface area contributed by atoms with Gasteiger partial charge in [-0.15, -0.1) is 0 Å². The highest BCUT2D eigenvalue weighted by molar-refractivity contribution is 5.25. The van der Waals surface area contributed by atoms with Gasteiger partial charge in [0, 0.05) is 30.5 Å². The normalized spacial score (nSPS) is 19.5. The molecule has 2 unspecified atom stereocenters. The molecule has 0 aromatic carbocycles. The van der Waals surface area contributed by atoms with E-state index in [9.17, 15) is 0 Å². The highest BCUT2D eigenvalue weighted by atomic mass is 16.5. The Labute approximate surface area is 126 Å². The number of fused-ring (bicyclic) bond motifs is 1. The van der Waals surface area contributed by atoms with Crippen molar-refractivity contribution in [3.05, 3.63) is 17.5 Å².